The van der Waals surface area contributed by atoms with Gasteiger partial charge in [0, 0.05) is 5.69 Å². The summed E-state index contributed by atoms with van der Waals surface area (Å²) in [6, 6.07) is 5.55. The van der Waals surface area contributed by atoms with Crippen LogP contribution in [0, 0.1) is 5.92 Å². The van der Waals surface area contributed by atoms with Gasteiger partial charge in [0.2, 0.25) is 0 Å². The number of nitrogens with zero attached hydrogens (tertiary/aromatic N) is 1. The van der Waals surface area contributed by atoms with Crippen LogP contribution in [0.2, 0.25) is 0 Å². The van der Waals surface area contributed by atoms with E-state index in [-0.39, 0.29) is 4.99 Å². The summed E-state index contributed by atoms with van der Waals surface area (Å²) in [6.45, 7) is 1.55. The van der Waals surface area contributed by atoms with Crippen LogP contribution in [0.5, 0.6) is 0 Å². The van der Waals surface area contributed by atoms with Gasteiger partial charge >= 0.3 is 5.97 Å². The molecule has 1 atom stereocenters. The number of fused-ring (bicyclic) bond motifs is 1. The molecule has 1 aromatic heterocycles. The molecular weight excluding hydrogens is 288 g/mol. The maximum atomic E-state index is 10.8. The lowest BCUT2D eigenvalue weighted by Gasteiger charge is -2.11. The Kier molecular flexibility index (Phi) is 3.84. The highest BCUT2D eigenvalue weighted by molar-refractivity contribution is 7.83. The molecule has 0 aliphatic carbocycles. The molecule has 1 unspecified atom stereocenters. The van der Waals surface area contributed by atoms with Gasteiger partial charge in [-0.05, 0) is 25.1 Å². The molecule has 4 nitrogen and oxygen atoms in total. The number of thiol groups is 1. The van der Waals surface area contributed by atoms with E-state index in [9.17, 15) is 4.79 Å². The topological polar surface area (TPSA) is 62.2 Å². The number of aliphatic carboxylic acids is 1. The van der Waals surface area contributed by atoms with Crippen molar-refractivity contribution in [3.05, 3.63) is 18.2 Å². The summed E-state index contributed by atoms with van der Waals surface area (Å²) >= 11 is 10.7. The van der Waals surface area contributed by atoms with Gasteiger partial charge in [0.1, 0.15) is 10.3 Å². The van der Waals surface area contributed by atoms with Crippen molar-refractivity contribution in [3.63, 3.8) is 0 Å². The predicted octanol–water partition coefficient (Wildman–Crippen LogP) is 3.05. The van der Waals surface area contributed by atoms with E-state index in [1.54, 1.807) is 6.92 Å². The number of carboxylic acids is 1. The van der Waals surface area contributed by atoms with Gasteiger partial charge in [-0.1, -0.05) is 12.2 Å². The summed E-state index contributed by atoms with van der Waals surface area (Å²) in [5.74, 6) is -1.65. The van der Waals surface area contributed by atoms with Crippen LogP contribution in [0.3, 0.4) is 0 Å². The number of rotatable bonds is 3. The molecule has 0 saturated heterocycles. The van der Waals surface area contributed by atoms with Crippen LogP contribution in [-0.4, -0.2) is 21.0 Å². The minimum Gasteiger partial charge on any atom is -0.481 e. The largest absolute Gasteiger partial charge is 0.481 e. The number of thiazole rings is 1. The number of carbonyl (C=O) groups is 1. The number of anilines is 1. The number of hydrogen-bond acceptors (Lipinski definition) is 5. The van der Waals surface area contributed by atoms with E-state index in [2.05, 4.69) is 22.9 Å². The molecule has 0 amide bonds. The second kappa shape index (κ2) is 5.21. The second-order valence-corrected chi connectivity index (χ2v) is 5.92. The van der Waals surface area contributed by atoms with Crippen LogP contribution in [0.1, 0.15) is 6.92 Å². The highest BCUT2D eigenvalue weighted by Gasteiger charge is 2.16. The normalized spacial score (nSPS) is 12.3. The van der Waals surface area contributed by atoms with Crippen LogP contribution in [0.15, 0.2) is 22.5 Å². The molecule has 7 heteroatoms. The monoisotopic (exact) mass is 298 g/mol. The first kappa shape index (κ1) is 13.3. The Morgan fingerprint density at radius 1 is 1.61 bits per heavy atom. The molecule has 1 aromatic carbocycles. The molecule has 0 spiro atoms. The smallest absolute Gasteiger partial charge is 0.313 e. The number of carboxylic acid groups (broad SMARTS) is 1. The number of benzene rings is 1. The van der Waals surface area contributed by atoms with Crippen LogP contribution in [-0.2, 0) is 4.79 Å². The zero-order valence-electron chi connectivity index (χ0n) is 9.38. The molecule has 1 heterocycles. The third-order valence-corrected chi connectivity index (χ3v) is 4.06. The van der Waals surface area contributed by atoms with Crippen molar-refractivity contribution < 1.29 is 9.90 Å². The summed E-state index contributed by atoms with van der Waals surface area (Å²) in [7, 11) is 0. The van der Waals surface area contributed by atoms with Crippen molar-refractivity contribution in [2.75, 3.05) is 5.32 Å². The fourth-order valence-corrected chi connectivity index (χ4v) is 2.72. The second-order valence-electron chi connectivity index (χ2n) is 3.73. The fourth-order valence-electron chi connectivity index (χ4n) is 1.35. The van der Waals surface area contributed by atoms with Crippen LogP contribution in [0.4, 0.5) is 5.69 Å². The highest BCUT2D eigenvalue weighted by atomic mass is 32.2. The molecule has 0 bridgehead atoms. The zero-order valence-corrected chi connectivity index (χ0v) is 11.9. The van der Waals surface area contributed by atoms with Gasteiger partial charge in [-0.3, -0.25) is 4.79 Å². The fraction of sp³-hybridized carbons (Fsp3) is 0.182. The van der Waals surface area contributed by atoms with Crippen molar-refractivity contribution in [2.24, 2.45) is 5.92 Å². The Morgan fingerprint density at radius 2 is 2.33 bits per heavy atom. The Morgan fingerprint density at radius 3 is 3.00 bits per heavy atom. The van der Waals surface area contributed by atoms with E-state index in [1.807, 2.05) is 18.2 Å². The zero-order chi connectivity index (χ0) is 13.3. The lowest BCUT2D eigenvalue weighted by molar-refractivity contribution is -0.138. The van der Waals surface area contributed by atoms with Gasteiger partial charge < -0.3 is 10.4 Å². The lowest BCUT2D eigenvalue weighted by Crippen LogP contribution is -2.25. The third kappa shape index (κ3) is 2.80. The van der Waals surface area contributed by atoms with Gasteiger partial charge in [0.15, 0.2) is 0 Å². The van der Waals surface area contributed by atoms with E-state index < -0.39 is 11.9 Å². The Balaban J connectivity index is 2.21. The molecule has 2 rings (SSSR count). The number of thiocarbonyl (C=S) groups is 1. The molecule has 94 valence electrons. The van der Waals surface area contributed by atoms with Gasteiger partial charge in [0.05, 0.1) is 15.2 Å². The van der Waals surface area contributed by atoms with Crippen LogP contribution in [0.25, 0.3) is 10.2 Å². The summed E-state index contributed by atoms with van der Waals surface area (Å²) in [5, 5.41) is 11.8. The molecule has 2 aromatic rings. The first-order valence-electron chi connectivity index (χ1n) is 5.10. The molecular formula is C11H10N2O2S3. The van der Waals surface area contributed by atoms with E-state index in [4.69, 9.17) is 17.3 Å². The Bertz CT molecular complexity index is 624. The maximum absolute atomic E-state index is 10.8. The molecule has 0 saturated carbocycles. The van der Waals surface area contributed by atoms with Gasteiger partial charge in [-0.2, -0.15) is 0 Å². The quantitative estimate of drug-likeness (QED) is 0.600. The number of aromatic nitrogens is 1. The Hall–Kier alpha value is -1.18. The van der Waals surface area contributed by atoms with E-state index >= 15 is 0 Å². The molecule has 18 heavy (non-hydrogen) atoms. The lowest BCUT2D eigenvalue weighted by atomic mass is 10.2. The summed E-state index contributed by atoms with van der Waals surface area (Å²) < 4.78 is 1.68. The number of hydrogen-bond donors (Lipinski definition) is 3. The summed E-state index contributed by atoms with van der Waals surface area (Å²) in [5.41, 5.74) is 1.63. The molecule has 0 aliphatic rings. The first-order valence-corrected chi connectivity index (χ1v) is 6.78. The molecule has 0 aliphatic heterocycles. The Labute approximate surface area is 118 Å². The first-order chi connectivity index (χ1) is 8.47. The van der Waals surface area contributed by atoms with Crippen molar-refractivity contribution in [1.82, 2.24) is 4.98 Å². The van der Waals surface area contributed by atoms with Crippen molar-refractivity contribution in [2.45, 2.75) is 11.3 Å². The third-order valence-electron chi connectivity index (χ3n) is 2.41. The van der Waals surface area contributed by atoms with Crippen LogP contribution >= 0.6 is 36.2 Å². The number of nitrogens with one attached hydrogen (secondary N) is 1. The van der Waals surface area contributed by atoms with Crippen LogP contribution < -0.4 is 5.32 Å². The molecule has 0 radical (unpaired) electrons. The average molecular weight is 298 g/mol. The molecule has 2 N–H and O–H groups in total. The SMILES string of the molecule is CC(C(=O)O)C(=S)Nc1ccc2nc(S)sc2c1. The van der Waals surface area contributed by atoms with Gasteiger partial charge in [-0.25, -0.2) is 4.98 Å². The summed E-state index contributed by atoms with van der Waals surface area (Å²) in [6.07, 6.45) is 0. The minimum absolute atomic E-state index is 0.289. The standard InChI is InChI=1S/C11H10N2O2S3/c1-5(10(14)15)9(16)12-6-2-3-7-8(4-6)18-11(17)13-7/h2-5H,1H3,(H,12,16)(H,13,17)(H,14,15). The highest BCUT2D eigenvalue weighted by Crippen LogP contribution is 2.27. The van der Waals surface area contributed by atoms with Crippen molar-refractivity contribution >= 4 is 63.0 Å². The van der Waals surface area contributed by atoms with Gasteiger partial charge in [0.25, 0.3) is 0 Å². The summed E-state index contributed by atoms with van der Waals surface area (Å²) in [4.78, 5) is 15.3. The van der Waals surface area contributed by atoms with E-state index in [0.717, 1.165) is 15.9 Å². The average Bonchev–Trinajstić information content (AvgIpc) is 2.67. The maximum Gasteiger partial charge on any atom is 0.313 e. The minimum atomic E-state index is -0.941. The predicted molar refractivity (Wildman–Crippen MR) is 79.9 cm³/mol. The van der Waals surface area contributed by atoms with Crippen molar-refractivity contribution in [3.8, 4) is 0 Å². The van der Waals surface area contributed by atoms with E-state index in [1.165, 1.54) is 11.3 Å². The van der Waals surface area contributed by atoms with Crippen molar-refractivity contribution in [1.29, 1.82) is 0 Å². The molecule has 0 fully saturated rings. The van der Waals surface area contributed by atoms with Gasteiger partial charge in [-0.15, -0.1) is 24.0 Å². The van der Waals surface area contributed by atoms with E-state index in [0.29, 0.717) is 4.34 Å².